The number of halogens is 2. The highest BCUT2D eigenvalue weighted by molar-refractivity contribution is 6.64. The highest BCUT2D eigenvalue weighted by Crippen LogP contribution is 2.14. The van der Waals surface area contributed by atoms with Gasteiger partial charge < -0.3 is 9.47 Å². The van der Waals surface area contributed by atoms with Crippen molar-refractivity contribution < 1.29 is 17.7 Å². The van der Waals surface area contributed by atoms with Gasteiger partial charge in [0.2, 0.25) is 0 Å². The molecule has 0 aromatic carbocycles. The van der Waals surface area contributed by atoms with Gasteiger partial charge in [0.15, 0.2) is 6.29 Å². The van der Waals surface area contributed by atoms with Crippen LogP contribution in [0.15, 0.2) is 0 Å². The highest BCUT2D eigenvalue weighted by atomic mass is 28.4. The first-order chi connectivity index (χ1) is 5.45. The lowest BCUT2D eigenvalue weighted by molar-refractivity contribution is -0.110. The molecule has 12 heavy (non-hydrogen) atoms. The minimum atomic E-state index is -3.86. The third-order valence-electron chi connectivity index (χ3n) is 1.44. The van der Waals surface area contributed by atoms with E-state index in [1.165, 1.54) is 7.11 Å². The summed E-state index contributed by atoms with van der Waals surface area (Å²) >= 11 is 0. The third-order valence-corrected chi connectivity index (χ3v) is 2.68. The van der Waals surface area contributed by atoms with Crippen molar-refractivity contribution in [2.45, 2.75) is 32.2 Å². The summed E-state index contributed by atoms with van der Waals surface area (Å²) in [6.45, 7) is 3.14. The van der Waals surface area contributed by atoms with E-state index in [4.69, 9.17) is 9.47 Å². The van der Waals surface area contributed by atoms with Crippen molar-refractivity contribution >= 4 is 8.74 Å². The van der Waals surface area contributed by atoms with E-state index in [0.29, 0.717) is 13.0 Å². The van der Waals surface area contributed by atoms with E-state index in [1.54, 1.807) is 6.92 Å². The first-order valence-corrected chi connectivity index (χ1v) is 6.44. The van der Waals surface area contributed by atoms with Gasteiger partial charge in [-0.15, -0.1) is 0 Å². The van der Waals surface area contributed by atoms with E-state index < -0.39 is 8.74 Å². The molecule has 0 bridgehead atoms. The molecule has 0 heterocycles. The van der Waals surface area contributed by atoms with Crippen LogP contribution in [-0.4, -0.2) is 28.7 Å². The summed E-state index contributed by atoms with van der Waals surface area (Å²) in [5, 5.41) is 0. The lowest BCUT2D eigenvalue weighted by atomic mass is 10.5. The molecule has 2 nitrogen and oxygen atoms in total. The van der Waals surface area contributed by atoms with E-state index in [2.05, 4.69) is 0 Å². The Kier molecular flexibility index (Phi) is 5.61. The van der Waals surface area contributed by atoms with Gasteiger partial charge in [0.05, 0.1) is 0 Å². The first-order valence-electron chi connectivity index (χ1n) is 3.98. The van der Waals surface area contributed by atoms with E-state index in [-0.39, 0.29) is 12.3 Å². The van der Waals surface area contributed by atoms with Crippen molar-refractivity contribution in [1.82, 2.24) is 0 Å². The summed E-state index contributed by atoms with van der Waals surface area (Å²) in [5.74, 6) is 0. The summed E-state index contributed by atoms with van der Waals surface area (Å²) in [7, 11) is -2.34. The lowest BCUT2D eigenvalue weighted by Gasteiger charge is -2.11. The second-order valence-corrected chi connectivity index (χ2v) is 5.49. The van der Waals surface area contributed by atoms with Crippen molar-refractivity contribution in [3.63, 3.8) is 0 Å². The lowest BCUT2D eigenvalue weighted by Crippen LogP contribution is -2.18. The number of methoxy groups -OCH3 is 1. The molecule has 1 unspecified atom stereocenters. The van der Waals surface area contributed by atoms with Gasteiger partial charge in [-0.05, 0) is 19.9 Å². The van der Waals surface area contributed by atoms with Crippen LogP contribution in [0.1, 0.15) is 13.3 Å². The fraction of sp³-hybridized carbons (Fsp3) is 1.00. The monoisotopic (exact) mass is 198 g/mol. The van der Waals surface area contributed by atoms with Gasteiger partial charge in [0.1, 0.15) is 0 Å². The van der Waals surface area contributed by atoms with Gasteiger partial charge in [0.25, 0.3) is 0 Å². The molecule has 0 saturated carbocycles. The predicted molar refractivity (Wildman–Crippen MR) is 45.7 cm³/mol. The summed E-state index contributed by atoms with van der Waals surface area (Å²) in [4.78, 5) is 0. The second-order valence-electron chi connectivity index (χ2n) is 2.85. The second kappa shape index (κ2) is 5.61. The molecule has 0 aromatic rings. The number of ether oxygens (including phenoxy) is 2. The Morgan fingerprint density at radius 1 is 1.42 bits per heavy atom. The molecule has 0 aliphatic carbocycles. The van der Waals surface area contributed by atoms with Crippen molar-refractivity contribution in [2.24, 2.45) is 0 Å². The molecule has 0 aliphatic rings. The van der Waals surface area contributed by atoms with Gasteiger partial charge in [-0.25, -0.2) is 0 Å². The summed E-state index contributed by atoms with van der Waals surface area (Å²) in [5.41, 5.74) is 0. The molecule has 74 valence electrons. The molecular formula is C7H16F2O2Si. The standard InChI is InChI=1S/C7H16F2O2Si/c1-7(10-2)11-5-4-6-12(3,8)9/h7H,4-6H2,1-3H3. The molecule has 0 N–H and O–H groups in total. The largest absolute Gasteiger partial charge is 0.422 e. The molecule has 0 radical (unpaired) electrons. The van der Waals surface area contributed by atoms with Crippen LogP contribution < -0.4 is 0 Å². The smallest absolute Gasteiger partial charge is 0.356 e. The summed E-state index contributed by atoms with van der Waals surface area (Å²) in [6, 6.07) is 0.00341. The van der Waals surface area contributed by atoms with Gasteiger partial charge in [-0.3, -0.25) is 8.22 Å². The Morgan fingerprint density at radius 2 is 2.00 bits per heavy atom. The fourth-order valence-electron chi connectivity index (χ4n) is 0.700. The van der Waals surface area contributed by atoms with Crippen molar-refractivity contribution in [2.75, 3.05) is 13.7 Å². The van der Waals surface area contributed by atoms with Crippen molar-refractivity contribution in [3.05, 3.63) is 0 Å². The maximum absolute atomic E-state index is 12.4. The average molecular weight is 198 g/mol. The van der Waals surface area contributed by atoms with Crippen LogP contribution in [0, 0.1) is 0 Å². The molecular weight excluding hydrogens is 182 g/mol. The van der Waals surface area contributed by atoms with Crippen LogP contribution in [-0.2, 0) is 9.47 Å². The molecule has 1 atom stereocenters. The molecule has 0 spiro atoms. The summed E-state index contributed by atoms with van der Waals surface area (Å²) < 4.78 is 34.6. The maximum Gasteiger partial charge on any atom is 0.422 e. The fourth-order valence-corrected chi connectivity index (χ4v) is 1.47. The molecule has 0 amide bonds. The van der Waals surface area contributed by atoms with Gasteiger partial charge in [-0.1, -0.05) is 0 Å². The Balaban J connectivity index is 3.22. The zero-order valence-electron chi connectivity index (χ0n) is 7.77. The first kappa shape index (κ1) is 12.0. The predicted octanol–water partition coefficient (Wildman–Crippen LogP) is 2.40. The van der Waals surface area contributed by atoms with Gasteiger partial charge in [0, 0.05) is 19.8 Å². The van der Waals surface area contributed by atoms with Gasteiger partial charge in [-0.2, -0.15) is 0 Å². The van der Waals surface area contributed by atoms with Crippen molar-refractivity contribution in [1.29, 1.82) is 0 Å². The Hall–Kier alpha value is -0.00312. The van der Waals surface area contributed by atoms with Gasteiger partial charge >= 0.3 is 8.74 Å². The van der Waals surface area contributed by atoms with E-state index in [0.717, 1.165) is 6.55 Å². The summed E-state index contributed by atoms with van der Waals surface area (Å²) in [6.07, 6.45) is 0.126. The highest BCUT2D eigenvalue weighted by Gasteiger charge is 2.26. The Labute approximate surface area is 73.2 Å². The van der Waals surface area contributed by atoms with E-state index in [1.807, 2.05) is 0 Å². The molecule has 0 rings (SSSR count). The number of rotatable bonds is 6. The third kappa shape index (κ3) is 8.10. The van der Waals surface area contributed by atoms with Crippen molar-refractivity contribution in [3.8, 4) is 0 Å². The molecule has 0 aliphatic heterocycles. The minimum Gasteiger partial charge on any atom is -0.356 e. The van der Waals surface area contributed by atoms with E-state index >= 15 is 0 Å². The molecule has 0 saturated heterocycles. The quantitative estimate of drug-likeness (QED) is 0.282. The molecule has 0 fully saturated rings. The average Bonchev–Trinajstić information content (AvgIpc) is 1.96. The zero-order chi connectivity index (χ0) is 9.61. The SMILES string of the molecule is COC(C)OCCC[Si](C)(F)F. The molecule has 0 aromatic heterocycles. The Bertz CT molecular complexity index is 116. The van der Waals surface area contributed by atoms with Crippen LogP contribution in [0.5, 0.6) is 0 Å². The van der Waals surface area contributed by atoms with Crippen LogP contribution in [0.2, 0.25) is 12.6 Å². The number of hydrogen-bond donors (Lipinski definition) is 0. The van der Waals surface area contributed by atoms with Crippen LogP contribution >= 0.6 is 0 Å². The van der Waals surface area contributed by atoms with Crippen LogP contribution in [0.3, 0.4) is 0 Å². The normalized spacial score (nSPS) is 14.8. The van der Waals surface area contributed by atoms with Crippen LogP contribution in [0.25, 0.3) is 0 Å². The zero-order valence-corrected chi connectivity index (χ0v) is 8.77. The maximum atomic E-state index is 12.4. The number of hydrogen-bond acceptors (Lipinski definition) is 2. The minimum absolute atomic E-state index is 0.00341. The topological polar surface area (TPSA) is 18.5 Å². The van der Waals surface area contributed by atoms with E-state index in [9.17, 15) is 8.22 Å². The molecule has 5 heteroatoms. The Morgan fingerprint density at radius 3 is 2.42 bits per heavy atom. The van der Waals surface area contributed by atoms with Crippen LogP contribution in [0.4, 0.5) is 8.22 Å².